The highest BCUT2D eigenvalue weighted by molar-refractivity contribution is 9.10. The number of benzene rings is 1. The zero-order valence-corrected chi connectivity index (χ0v) is 18.0. The molecule has 28 heavy (non-hydrogen) atoms. The van der Waals surface area contributed by atoms with Crippen LogP contribution in [0.2, 0.25) is 0 Å². The van der Waals surface area contributed by atoms with Crippen LogP contribution in [0.5, 0.6) is 5.75 Å². The quantitative estimate of drug-likeness (QED) is 0.700. The van der Waals surface area contributed by atoms with Crippen molar-refractivity contribution in [2.24, 2.45) is 11.1 Å². The first-order chi connectivity index (χ1) is 13.2. The van der Waals surface area contributed by atoms with Gasteiger partial charge in [0.1, 0.15) is 17.1 Å². The predicted octanol–water partition coefficient (Wildman–Crippen LogP) is 3.95. The number of hydrogen-bond acceptors (Lipinski definition) is 6. The highest BCUT2D eigenvalue weighted by atomic mass is 79.9. The van der Waals surface area contributed by atoms with E-state index < -0.39 is 11.9 Å². The molecule has 0 aromatic heterocycles. The summed E-state index contributed by atoms with van der Waals surface area (Å²) in [6, 6.07) is 5.45. The number of carbonyl (C=O) groups excluding carboxylic acids is 2. The van der Waals surface area contributed by atoms with Crippen molar-refractivity contribution < 1.29 is 23.8 Å². The molecule has 3 rings (SSSR count). The van der Waals surface area contributed by atoms with E-state index >= 15 is 0 Å². The molecule has 1 aromatic rings. The van der Waals surface area contributed by atoms with E-state index in [1.807, 2.05) is 26.0 Å². The molecular weight excluding hydrogens is 426 g/mol. The first kappa shape index (κ1) is 20.5. The maximum Gasteiger partial charge on any atom is 0.340 e. The number of ether oxygens (including phenoxy) is 3. The smallest absolute Gasteiger partial charge is 0.340 e. The van der Waals surface area contributed by atoms with Crippen LogP contribution in [0.3, 0.4) is 0 Å². The Labute approximate surface area is 172 Å². The Morgan fingerprint density at radius 2 is 2.07 bits per heavy atom. The first-order valence-corrected chi connectivity index (χ1v) is 9.92. The molecule has 1 atom stereocenters. The lowest BCUT2D eigenvalue weighted by Crippen LogP contribution is -2.35. The average Bonchev–Trinajstić information content (AvgIpc) is 2.59. The first-order valence-electron chi connectivity index (χ1n) is 9.12. The fraction of sp³-hybridized carbons (Fsp3) is 0.429. The van der Waals surface area contributed by atoms with E-state index in [-0.39, 0.29) is 29.3 Å². The summed E-state index contributed by atoms with van der Waals surface area (Å²) >= 11 is 3.46. The fourth-order valence-corrected chi connectivity index (χ4v) is 4.21. The van der Waals surface area contributed by atoms with E-state index in [2.05, 4.69) is 15.9 Å². The molecular formula is C21H24BrNO5. The van der Waals surface area contributed by atoms with Crippen molar-refractivity contribution in [3.05, 3.63) is 51.0 Å². The molecule has 1 aromatic carbocycles. The number of halogens is 1. The zero-order valence-electron chi connectivity index (χ0n) is 16.4. The summed E-state index contributed by atoms with van der Waals surface area (Å²) < 4.78 is 17.3. The third-order valence-corrected chi connectivity index (χ3v) is 5.45. The summed E-state index contributed by atoms with van der Waals surface area (Å²) in [6.07, 6.45) is 0.912. The largest absolute Gasteiger partial charge is 0.496 e. The Balaban J connectivity index is 2.26. The van der Waals surface area contributed by atoms with Gasteiger partial charge in [0.05, 0.1) is 19.6 Å². The molecule has 150 valence electrons. The van der Waals surface area contributed by atoms with Crippen molar-refractivity contribution in [1.29, 1.82) is 0 Å². The van der Waals surface area contributed by atoms with Crippen LogP contribution in [0.15, 0.2) is 45.5 Å². The predicted molar refractivity (Wildman–Crippen MR) is 107 cm³/mol. The van der Waals surface area contributed by atoms with Crippen LogP contribution in [0.1, 0.15) is 45.1 Å². The number of esters is 1. The van der Waals surface area contributed by atoms with Gasteiger partial charge in [0.15, 0.2) is 5.78 Å². The molecule has 1 unspecified atom stereocenters. The van der Waals surface area contributed by atoms with Crippen molar-refractivity contribution in [3.63, 3.8) is 0 Å². The van der Waals surface area contributed by atoms with Gasteiger partial charge in [-0.1, -0.05) is 29.8 Å². The van der Waals surface area contributed by atoms with Crippen LogP contribution < -0.4 is 10.5 Å². The van der Waals surface area contributed by atoms with Gasteiger partial charge in [-0.3, -0.25) is 4.79 Å². The molecule has 0 fully saturated rings. The van der Waals surface area contributed by atoms with E-state index in [0.29, 0.717) is 35.5 Å². The van der Waals surface area contributed by atoms with Crippen LogP contribution in [-0.4, -0.2) is 25.5 Å². The van der Waals surface area contributed by atoms with Crippen molar-refractivity contribution in [2.45, 2.75) is 39.5 Å². The summed E-state index contributed by atoms with van der Waals surface area (Å²) in [4.78, 5) is 25.9. The van der Waals surface area contributed by atoms with Crippen molar-refractivity contribution >= 4 is 27.7 Å². The minimum Gasteiger partial charge on any atom is -0.496 e. The molecule has 0 radical (unpaired) electrons. The van der Waals surface area contributed by atoms with Gasteiger partial charge in [0, 0.05) is 28.5 Å². The van der Waals surface area contributed by atoms with Crippen LogP contribution in [0.25, 0.3) is 0 Å². The maximum atomic E-state index is 13.1. The van der Waals surface area contributed by atoms with E-state index in [9.17, 15) is 9.59 Å². The van der Waals surface area contributed by atoms with Gasteiger partial charge in [0.25, 0.3) is 0 Å². The van der Waals surface area contributed by atoms with E-state index in [1.165, 1.54) is 0 Å². The third-order valence-electron chi connectivity index (χ3n) is 4.95. The van der Waals surface area contributed by atoms with Gasteiger partial charge in [-0.25, -0.2) is 4.79 Å². The van der Waals surface area contributed by atoms with E-state index in [0.717, 1.165) is 4.47 Å². The van der Waals surface area contributed by atoms with Gasteiger partial charge < -0.3 is 19.9 Å². The number of carbonyl (C=O) groups is 2. The van der Waals surface area contributed by atoms with Gasteiger partial charge in [-0.2, -0.15) is 0 Å². The highest BCUT2D eigenvalue weighted by Gasteiger charge is 2.45. The summed E-state index contributed by atoms with van der Waals surface area (Å²) in [7, 11) is 1.55. The number of allylic oxidation sites excluding steroid dienone is 2. The molecule has 1 aliphatic heterocycles. The lowest BCUT2D eigenvalue weighted by molar-refractivity contribution is -0.139. The molecule has 2 aliphatic rings. The Bertz CT molecular complexity index is 900. The van der Waals surface area contributed by atoms with Gasteiger partial charge in [-0.15, -0.1) is 0 Å². The molecule has 6 nitrogen and oxygen atoms in total. The second kappa shape index (κ2) is 7.62. The Kier molecular flexibility index (Phi) is 5.57. The Hall–Kier alpha value is -2.28. The average molecular weight is 450 g/mol. The Morgan fingerprint density at radius 3 is 2.71 bits per heavy atom. The number of methoxy groups -OCH3 is 1. The summed E-state index contributed by atoms with van der Waals surface area (Å²) in [5.74, 6) is -0.342. The summed E-state index contributed by atoms with van der Waals surface area (Å²) in [5.41, 5.74) is 7.16. The third kappa shape index (κ3) is 3.68. The number of Topliss-reactive ketones (excluding diaryl/α,β-unsaturated/α-hetero) is 1. The summed E-state index contributed by atoms with van der Waals surface area (Å²) in [6.45, 7) is 5.91. The van der Waals surface area contributed by atoms with Gasteiger partial charge in [0.2, 0.25) is 5.88 Å². The second-order valence-corrected chi connectivity index (χ2v) is 8.61. The maximum absolute atomic E-state index is 13.1. The molecule has 0 saturated carbocycles. The number of hydrogen-bond donors (Lipinski definition) is 1. The minimum atomic E-state index is -0.709. The van der Waals surface area contributed by atoms with Gasteiger partial charge in [-0.05, 0) is 30.5 Å². The monoisotopic (exact) mass is 449 g/mol. The minimum absolute atomic E-state index is 0.0327. The molecule has 0 amide bonds. The molecule has 1 aliphatic carbocycles. The van der Waals surface area contributed by atoms with Crippen molar-refractivity contribution in [3.8, 4) is 5.75 Å². The molecule has 1 heterocycles. The summed E-state index contributed by atoms with van der Waals surface area (Å²) in [5, 5.41) is 0. The standard InChI is InChI=1S/C21H24BrNO5/c1-5-27-20(25)18-16(12-8-11(22)6-7-14(12)26-4)17-13(24)9-21(2,3)10-15(17)28-19(18)23/h6-8,16H,5,9-10,23H2,1-4H3. The lowest BCUT2D eigenvalue weighted by Gasteiger charge is -2.38. The Morgan fingerprint density at radius 1 is 1.36 bits per heavy atom. The van der Waals surface area contributed by atoms with Crippen molar-refractivity contribution in [1.82, 2.24) is 0 Å². The number of ketones is 1. The number of rotatable bonds is 4. The topological polar surface area (TPSA) is 87.9 Å². The lowest BCUT2D eigenvalue weighted by atomic mass is 9.70. The normalized spacial score (nSPS) is 21.2. The zero-order chi connectivity index (χ0) is 20.6. The van der Waals surface area contributed by atoms with Crippen LogP contribution in [0.4, 0.5) is 0 Å². The molecule has 0 bridgehead atoms. The molecule has 2 N–H and O–H groups in total. The van der Waals surface area contributed by atoms with E-state index in [4.69, 9.17) is 19.9 Å². The van der Waals surface area contributed by atoms with Crippen LogP contribution in [0, 0.1) is 5.41 Å². The van der Waals surface area contributed by atoms with Crippen LogP contribution >= 0.6 is 15.9 Å². The highest BCUT2D eigenvalue weighted by Crippen LogP contribution is 2.50. The second-order valence-electron chi connectivity index (χ2n) is 7.70. The fourth-order valence-electron chi connectivity index (χ4n) is 3.83. The van der Waals surface area contributed by atoms with Crippen molar-refractivity contribution in [2.75, 3.05) is 13.7 Å². The molecule has 7 heteroatoms. The van der Waals surface area contributed by atoms with Gasteiger partial charge >= 0.3 is 5.97 Å². The number of nitrogens with two attached hydrogens (primary N) is 1. The van der Waals surface area contributed by atoms with E-state index in [1.54, 1.807) is 20.1 Å². The molecule has 0 saturated heterocycles. The molecule has 0 spiro atoms. The van der Waals surface area contributed by atoms with Crippen LogP contribution in [-0.2, 0) is 19.1 Å². The SMILES string of the molecule is CCOC(=O)C1=C(N)OC2=C(C(=O)CC(C)(C)C2)C1c1cc(Br)ccc1OC.